The van der Waals surface area contributed by atoms with Crippen molar-refractivity contribution in [2.45, 2.75) is 18.9 Å². The van der Waals surface area contributed by atoms with E-state index < -0.39 is 0 Å². The molecule has 1 atom stereocenters. The molecule has 1 saturated heterocycles. The predicted molar refractivity (Wildman–Crippen MR) is 111 cm³/mol. The highest BCUT2D eigenvalue weighted by Crippen LogP contribution is 2.28. The van der Waals surface area contributed by atoms with Crippen LogP contribution in [-0.2, 0) is 0 Å². The largest absolute Gasteiger partial charge is 0.423 e. The number of aromatic nitrogens is 1. The van der Waals surface area contributed by atoms with Gasteiger partial charge in [0.1, 0.15) is 5.52 Å². The molecule has 1 unspecified atom stereocenters. The quantitative estimate of drug-likeness (QED) is 0.578. The molecular formula is C23H21N3O2. The van der Waals surface area contributed by atoms with Gasteiger partial charge in [-0.1, -0.05) is 42.5 Å². The minimum absolute atomic E-state index is 0.0461. The molecule has 1 aliphatic rings. The van der Waals surface area contributed by atoms with Crippen molar-refractivity contribution >= 4 is 33.8 Å². The average Bonchev–Trinajstić information content (AvgIpc) is 3.38. The van der Waals surface area contributed by atoms with Gasteiger partial charge in [0.05, 0.1) is 6.04 Å². The minimum atomic E-state index is -0.0461. The number of rotatable bonds is 4. The number of oxazole rings is 1. The Balaban J connectivity index is 1.30. The molecule has 0 radical (unpaired) electrons. The number of para-hydroxylation sites is 2. The van der Waals surface area contributed by atoms with Crippen LogP contribution in [0, 0.1) is 0 Å². The summed E-state index contributed by atoms with van der Waals surface area (Å²) in [6.07, 6.45) is 2.08. The van der Waals surface area contributed by atoms with Gasteiger partial charge in [0, 0.05) is 18.7 Å². The second-order valence-electron chi connectivity index (χ2n) is 7.23. The van der Waals surface area contributed by atoms with Crippen molar-refractivity contribution in [1.82, 2.24) is 10.3 Å². The Labute approximate surface area is 163 Å². The molecule has 2 heterocycles. The van der Waals surface area contributed by atoms with Gasteiger partial charge in [-0.05, 0) is 47.9 Å². The molecule has 4 aromatic rings. The van der Waals surface area contributed by atoms with E-state index in [2.05, 4.69) is 15.2 Å². The van der Waals surface area contributed by atoms with Gasteiger partial charge in [0.15, 0.2) is 5.58 Å². The van der Waals surface area contributed by atoms with Gasteiger partial charge < -0.3 is 14.6 Å². The number of carbonyl (C=O) groups excluding carboxylic acids is 1. The third-order valence-corrected chi connectivity index (χ3v) is 5.42. The summed E-state index contributed by atoms with van der Waals surface area (Å²) in [5.74, 6) is -0.0461. The van der Waals surface area contributed by atoms with Crippen molar-refractivity contribution in [1.29, 1.82) is 0 Å². The average molecular weight is 371 g/mol. The van der Waals surface area contributed by atoms with Crippen LogP contribution in [0.3, 0.4) is 0 Å². The van der Waals surface area contributed by atoms with Gasteiger partial charge in [0.25, 0.3) is 11.9 Å². The highest BCUT2D eigenvalue weighted by molar-refractivity contribution is 5.98. The van der Waals surface area contributed by atoms with Crippen LogP contribution >= 0.6 is 0 Å². The lowest BCUT2D eigenvalue weighted by Crippen LogP contribution is -2.40. The third-order valence-electron chi connectivity index (χ3n) is 5.42. The molecule has 28 heavy (non-hydrogen) atoms. The Bertz CT molecular complexity index is 1120. The highest BCUT2D eigenvalue weighted by Gasteiger charge is 2.28. The SMILES string of the molecule is O=C(NCC1CCCN1c1nc2ccccc2o1)c1ccc2ccccc2c1. The van der Waals surface area contributed by atoms with Gasteiger partial charge in [0.2, 0.25) is 0 Å². The number of carbonyl (C=O) groups is 1. The molecule has 5 heteroatoms. The van der Waals surface area contributed by atoms with Crippen molar-refractivity contribution in [2.75, 3.05) is 18.0 Å². The number of fused-ring (bicyclic) bond motifs is 2. The van der Waals surface area contributed by atoms with E-state index >= 15 is 0 Å². The van der Waals surface area contributed by atoms with Gasteiger partial charge in [-0.25, -0.2) is 0 Å². The molecule has 3 aromatic carbocycles. The first-order valence-electron chi connectivity index (χ1n) is 9.67. The molecule has 0 aliphatic carbocycles. The van der Waals surface area contributed by atoms with E-state index in [1.54, 1.807) is 0 Å². The molecule has 5 rings (SSSR count). The lowest BCUT2D eigenvalue weighted by atomic mass is 10.1. The van der Waals surface area contributed by atoms with Crippen molar-refractivity contribution in [3.63, 3.8) is 0 Å². The summed E-state index contributed by atoms with van der Waals surface area (Å²) in [6, 6.07) is 22.5. The number of nitrogens with zero attached hydrogens (tertiary/aromatic N) is 2. The molecule has 5 nitrogen and oxygen atoms in total. The monoisotopic (exact) mass is 371 g/mol. The normalized spacial score (nSPS) is 16.7. The molecular weight excluding hydrogens is 350 g/mol. The fourth-order valence-corrected chi connectivity index (χ4v) is 3.93. The van der Waals surface area contributed by atoms with E-state index in [-0.39, 0.29) is 11.9 Å². The first-order valence-corrected chi connectivity index (χ1v) is 9.67. The maximum Gasteiger partial charge on any atom is 0.298 e. The Kier molecular flexibility index (Phi) is 4.20. The van der Waals surface area contributed by atoms with E-state index in [9.17, 15) is 4.79 Å². The van der Waals surface area contributed by atoms with Crippen LogP contribution in [0.5, 0.6) is 0 Å². The van der Waals surface area contributed by atoms with E-state index in [1.165, 1.54) is 0 Å². The zero-order chi connectivity index (χ0) is 18.9. The Morgan fingerprint density at radius 2 is 1.89 bits per heavy atom. The zero-order valence-electron chi connectivity index (χ0n) is 15.5. The lowest BCUT2D eigenvalue weighted by molar-refractivity contribution is 0.0951. The predicted octanol–water partition coefficient (Wildman–Crippen LogP) is 4.38. The van der Waals surface area contributed by atoms with Crippen LogP contribution in [0.15, 0.2) is 71.1 Å². The van der Waals surface area contributed by atoms with Crippen molar-refractivity contribution in [3.05, 3.63) is 72.3 Å². The van der Waals surface area contributed by atoms with Crippen LogP contribution < -0.4 is 10.2 Å². The summed E-state index contributed by atoms with van der Waals surface area (Å²) < 4.78 is 5.92. The Hall–Kier alpha value is -3.34. The molecule has 140 valence electrons. The van der Waals surface area contributed by atoms with Gasteiger partial charge in [-0.15, -0.1) is 0 Å². The number of amides is 1. The molecule has 0 bridgehead atoms. The summed E-state index contributed by atoms with van der Waals surface area (Å²) >= 11 is 0. The summed E-state index contributed by atoms with van der Waals surface area (Å²) in [6.45, 7) is 1.47. The maximum atomic E-state index is 12.7. The second-order valence-corrected chi connectivity index (χ2v) is 7.23. The number of hydrogen-bond acceptors (Lipinski definition) is 4. The summed E-state index contributed by atoms with van der Waals surface area (Å²) in [5.41, 5.74) is 2.34. The Morgan fingerprint density at radius 1 is 1.07 bits per heavy atom. The van der Waals surface area contributed by atoms with Crippen LogP contribution in [0.25, 0.3) is 21.9 Å². The van der Waals surface area contributed by atoms with E-state index in [4.69, 9.17) is 4.42 Å². The van der Waals surface area contributed by atoms with Crippen molar-refractivity contribution in [2.24, 2.45) is 0 Å². The van der Waals surface area contributed by atoms with Gasteiger partial charge in [-0.3, -0.25) is 4.79 Å². The van der Waals surface area contributed by atoms with Crippen molar-refractivity contribution in [3.8, 4) is 0 Å². The molecule has 1 aliphatic heterocycles. The highest BCUT2D eigenvalue weighted by atomic mass is 16.4. The zero-order valence-corrected chi connectivity index (χ0v) is 15.5. The standard InChI is InChI=1S/C23H21N3O2/c27-22(18-12-11-16-6-1-2-7-17(16)14-18)24-15-19-8-5-13-26(19)23-25-20-9-3-4-10-21(20)28-23/h1-4,6-7,9-12,14,19H,5,8,13,15H2,(H,24,27). The maximum absolute atomic E-state index is 12.7. The second kappa shape index (κ2) is 7.00. The smallest absolute Gasteiger partial charge is 0.298 e. The van der Waals surface area contributed by atoms with Crippen LogP contribution in [0.4, 0.5) is 6.01 Å². The number of anilines is 1. The van der Waals surface area contributed by atoms with Crippen LogP contribution in [0.2, 0.25) is 0 Å². The van der Waals surface area contributed by atoms with Crippen LogP contribution in [-0.4, -0.2) is 30.0 Å². The molecule has 1 N–H and O–H groups in total. The van der Waals surface area contributed by atoms with Gasteiger partial charge >= 0.3 is 0 Å². The van der Waals surface area contributed by atoms with Crippen molar-refractivity contribution < 1.29 is 9.21 Å². The molecule has 1 aromatic heterocycles. The van der Waals surface area contributed by atoms with Gasteiger partial charge in [-0.2, -0.15) is 4.98 Å². The van der Waals surface area contributed by atoms with E-state index in [1.807, 2.05) is 66.7 Å². The lowest BCUT2D eigenvalue weighted by Gasteiger charge is -2.23. The van der Waals surface area contributed by atoms with E-state index in [0.717, 1.165) is 41.3 Å². The fourth-order valence-electron chi connectivity index (χ4n) is 3.93. The third kappa shape index (κ3) is 3.09. The summed E-state index contributed by atoms with van der Waals surface area (Å²) in [5, 5.41) is 5.30. The topological polar surface area (TPSA) is 58.4 Å². The van der Waals surface area contributed by atoms with E-state index in [0.29, 0.717) is 18.1 Å². The first-order chi connectivity index (χ1) is 13.8. The first kappa shape index (κ1) is 16.8. The number of nitrogens with one attached hydrogen (secondary N) is 1. The fraction of sp³-hybridized carbons (Fsp3) is 0.217. The molecule has 0 saturated carbocycles. The summed E-state index contributed by atoms with van der Waals surface area (Å²) in [4.78, 5) is 19.4. The number of benzene rings is 3. The minimum Gasteiger partial charge on any atom is -0.423 e. The number of hydrogen-bond donors (Lipinski definition) is 1. The van der Waals surface area contributed by atoms with Crippen LogP contribution in [0.1, 0.15) is 23.2 Å². The molecule has 0 spiro atoms. The molecule has 1 amide bonds. The molecule has 1 fully saturated rings. The Morgan fingerprint density at radius 3 is 2.79 bits per heavy atom. The summed E-state index contributed by atoms with van der Waals surface area (Å²) in [7, 11) is 0.